The molecule has 0 radical (unpaired) electrons. The molecule has 0 spiro atoms. The molecule has 0 aliphatic carbocycles. The Labute approximate surface area is 156 Å². The Morgan fingerprint density at radius 3 is 2.48 bits per heavy atom. The van der Waals surface area contributed by atoms with Crippen molar-refractivity contribution in [1.82, 2.24) is 4.98 Å². The molecule has 0 aliphatic heterocycles. The van der Waals surface area contributed by atoms with E-state index in [0.29, 0.717) is 28.3 Å². The molecule has 2 aromatic carbocycles. The maximum absolute atomic E-state index is 12.2. The Hall–Kier alpha value is -3.41. The molecule has 1 aromatic heterocycles. The zero-order chi connectivity index (χ0) is 19.4. The number of aromatic carboxylic acids is 1. The third-order valence-corrected chi connectivity index (χ3v) is 4.12. The van der Waals surface area contributed by atoms with Gasteiger partial charge < -0.3 is 15.2 Å². The first-order valence-electron chi connectivity index (χ1n) is 8.59. The summed E-state index contributed by atoms with van der Waals surface area (Å²) in [5.74, 6) is -0.754. The molecule has 0 atom stereocenters. The highest BCUT2D eigenvalue weighted by Crippen LogP contribution is 2.25. The van der Waals surface area contributed by atoms with Crippen molar-refractivity contribution in [2.75, 3.05) is 11.9 Å². The smallest absolute Gasteiger partial charge is 0.354 e. The molecule has 0 saturated carbocycles. The Morgan fingerprint density at radius 2 is 1.81 bits per heavy atom. The van der Waals surface area contributed by atoms with E-state index in [1.807, 2.05) is 24.3 Å². The lowest BCUT2D eigenvalue weighted by molar-refractivity contribution is -0.118. The Kier molecular flexibility index (Phi) is 5.35. The SMILES string of the molecule is CC(C)c1ccc(NC(=O)COc2cc(C(=O)O)nc3ccccc23)cc1. The monoisotopic (exact) mass is 364 g/mol. The van der Waals surface area contributed by atoms with Gasteiger partial charge in [-0.3, -0.25) is 4.79 Å². The van der Waals surface area contributed by atoms with Crippen molar-refractivity contribution < 1.29 is 19.4 Å². The third-order valence-electron chi connectivity index (χ3n) is 4.12. The predicted molar refractivity (Wildman–Crippen MR) is 103 cm³/mol. The van der Waals surface area contributed by atoms with Crippen LogP contribution in [0.3, 0.4) is 0 Å². The number of carbonyl (C=O) groups excluding carboxylic acids is 1. The molecule has 0 unspecified atom stereocenters. The zero-order valence-electron chi connectivity index (χ0n) is 15.1. The third kappa shape index (κ3) is 4.41. The van der Waals surface area contributed by atoms with E-state index in [4.69, 9.17) is 4.74 Å². The van der Waals surface area contributed by atoms with Crippen LogP contribution in [0.5, 0.6) is 5.75 Å². The number of para-hydroxylation sites is 1. The standard InChI is InChI=1S/C21H20N2O4/c1-13(2)14-7-9-15(10-8-14)22-20(24)12-27-19-11-18(21(25)26)23-17-6-4-3-5-16(17)19/h3-11,13H,12H2,1-2H3,(H,22,24)(H,25,26). The molecule has 0 bridgehead atoms. The van der Waals surface area contributed by atoms with Crippen molar-refractivity contribution in [1.29, 1.82) is 0 Å². The fraction of sp³-hybridized carbons (Fsp3) is 0.190. The van der Waals surface area contributed by atoms with Crippen molar-refractivity contribution in [3.05, 3.63) is 65.9 Å². The number of hydrogen-bond donors (Lipinski definition) is 2. The largest absolute Gasteiger partial charge is 0.483 e. The summed E-state index contributed by atoms with van der Waals surface area (Å²) < 4.78 is 5.59. The molecule has 3 aromatic rings. The number of carboxylic acid groups (broad SMARTS) is 1. The lowest BCUT2D eigenvalue weighted by Crippen LogP contribution is -2.20. The minimum atomic E-state index is -1.15. The van der Waals surface area contributed by atoms with Crippen LogP contribution in [-0.4, -0.2) is 28.6 Å². The van der Waals surface area contributed by atoms with Gasteiger partial charge in [0.15, 0.2) is 12.3 Å². The van der Waals surface area contributed by atoms with Crippen LogP contribution >= 0.6 is 0 Å². The highest BCUT2D eigenvalue weighted by molar-refractivity contribution is 5.94. The average molecular weight is 364 g/mol. The Balaban J connectivity index is 1.72. The van der Waals surface area contributed by atoms with E-state index in [9.17, 15) is 14.7 Å². The first kappa shape index (κ1) is 18.4. The van der Waals surface area contributed by atoms with Crippen LogP contribution in [0.25, 0.3) is 10.9 Å². The molecule has 1 heterocycles. The second kappa shape index (κ2) is 7.86. The van der Waals surface area contributed by atoms with Crippen LogP contribution in [0.15, 0.2) is 54.6 Å². The van der Waals surface area contributed by atoms with E-state index < -0.39 is 5.97 Å². The van der Waals surface area contributed by atoms with Crippen LogP contribution in [0.2, 0.25) is 0 Å². The van der Waals surface area contributed by atoms with Crippen molar-refractivity contribution in [2.45, 2.75) is 19.8 Å². The van der Waals surface area contributed by atoms with Gasteiger partial charge in [-0.25, -0.2) is 9.78 Å². The van der Waals surface area contributed by atoms with E-state index in [0.717, 1.165) is 0 Å². The highest BCUT2D eigenvalue weighted by Gasteiger charge is 2.13. The highest BCUT2D eigenvalue weighted by atomic mass is 16.5. The first-order valence-corrected chi connectivity index (χ1v) is 8.59. The maximum Gasteiger partial charge on any atom is 0.354 e. The van der Waals surface area contributed by atoms with Crippen molar-refractivity contribution in [3.8, 4) is 5.75 Å². The molecule has 0 aliphatic rings. The van der Waals surface area contributed by atoms with Gasteiger partial charge in [-0.05, 0) is 35.7 Å². The number of aromatic nitrogens is 1. The van der Waals surface area contributed by atoms with E-state index in [1.165, 1.54) is 11.6 Å². The summed E-state index contributed by atoms with van der Waals surface area (Å²) in [5.41, 5.74) is 2.23. The number of pyridine rings is 1. The summed E-state index contributed by atoms with van der Waals surface area (Å²) in [7, 11) is 0. The lowest BCUT2D eigenvalue weighted by Gasteiger charge is -2.11. The van der Waals surface area contributed by atoms with Crippen LogP contribution in [0, 0.1) is 0 Å². The van der Waals surface area contributed by atoms with E-state index in [2.05, 4.69) is 24.1 Å². The van der Waals surface area contributed by atoms with Crippen molar-refractivity contribution >= 4 is 28.5 Å². The summed E-state index contributed by atoms with van der Waals surface area (Å²) in [6.45, 7) is 3.97. The zero-order valence-corrected chi connectivity index (χ0v) is 15.1. The Morgan fingerprint density at radius 1 is 1.11 bits per heavy atom. The minimum absolute atomic E-state index is 0.131. The van der Waals surface area contributed by atoms with Crippen LogP contribution in [0.4, 0.5) is 5.69 Å². The topological polar surface area (TPSA) is 88.5 Å². The van der Waals surface area contributed by atoms with Gasteiger partial charge >= 0.3 is 5.97 Å². The summed E-state index contributed by atoms with van der Waals surface area (Å²) in [6.07, 6.45) is 0. The first-order chi connectivity index (χ1) is 12.9. The second-order valence-electron chi connectivity index (χ2n) is 6.44. The van der Waals surface area contributed by atoms with E-state index in [1.54, 1.807) is 24.3 Å². The number of benzene rings is 2. The van der Waals surface area contributed by atoms with Crippen LogP contribution in [-0.2, 0) is 4.79 Å². The van der Waals surface area contributed by atoms with Crippen molar-refractivity contribution in [2.24, 2.45) is 0 Å². The van der Waals surface area contributed by atoms with Gasteiger partial charge in [0, 0.05) is 17.1 Å². The predicted octanol–water partition coefficient (Wildman–Crippen LogP) is 4.07. The normalized spacial score (nSPS) is 10.8. The minimum Gasteiger partial charge on any atom is -0.483 e. The molecular formula is C21H20N2O4. The Bertz CT molecular complexity index is 981. The fourth-order valence-electron chi connectivity index (χ4n) is 2.66. The number of amides is 1. The van der Waals surface area contributed by atoms with Crippen molar-refractivity contribution in [3.63, 3.8) is 0 Å². The van der Waals surface area contributed by atoms with Gasteiger partial charge in [-0.1, -0.05) is 38.1 Å². The van der Waals surface area contributed by atoms with Gasteiger partial charge in [0.25, 0.3) is 5.91 Å². The number of anilines is 1. The van der Waals surface area contributed by atoms with Crippen LogP contribution < -0.4 is 10.1 Å². The number of hydrogen-bond acceptors (Lipinski definition) is 4. The summed E-state index contributed by atoms with van der Waals surface area (Å²) in [6, 6.07) is 16.0. The summed E-state index contributed by atoms with van der Waals surface area (Å²) in [5, 5.41) is 12.6. The molecule has 0 fully saturated rings. The number of nitrogens with zero attached hydrogens (tertiary/aromatic N) is 1. The lowest BCUT2D eigenvalue weighted by atomic mass is 10.0. The van der Waals surface area contributed by atoms with Gasteiger partial charge in [0.2, 0.25) is 0 Å². The van der Waals surface area contributed by atoms with E-state index >= 15 is 0 Å². The maximum atomic E-state index is 12.2. The molecule has 138 valence electrons. The van der Waals surface area contributed by atoms with Gasteiger partial charge in [0.1, 0.15) is 5.75 Å². The number of carboxylic acids is 1. The summed E-state index contributed by atoms with van der Waals surface area (Å²) >= 11 is 0. The average Bonchev–Trinajstić information content (AvgIpc) is 2.66. The molecule has 1 amide bonds. The van der Waals surface area contributed by atoms with E-state index in [-0.39, 0.29) is 18.2 Å². The number of ether oxygens (including phenoxy) is 1. The molecular weight excluding hydrogens is 344 g/mol. The van der Waals surface area contributed by atoms with Gasteiger partial charge in [-0.15, -0.1) is 0 Å². The number of nitrogens with one attached hydrogen (secondary N) is 1. The molecule has 27 heavy (non-hydrogen) atoms. The van der Waals surface area contributed by atoms with Gasteiger partial charge in [-0.2, -0.15) is 0 Å². The fourth-order valence-corrected chi connectivity index (χ4v) is 2.66. The summed E-state index contributed by atoms with van der Waals surface area (Å²) in [4.78, 5) is 27.5. The quantitative estimate of drug-likeness (QED) is 0.688. The molecule has 6 heteroatoms. The van der Waals surface area contributed by atoms with Crippen LogP contribution in [0.1, 0.15) is 35.8 Å². The molecule has 6 nitrogen and oxygen atoms in total. The second-order valence-corrected chi connectivity index (χ2v) is 6.44. The molecule has 0 saturated heterocycles. The number of fused-ring (bicyclic) bond motifs is 1. The number of rotatable bonds is 6. The van der Waals surface area contributed by atoms with Gasteiger partial charge in [0.05, 0.1) is 5.52 Å². The molecule has 2 N–H and O–H groups in total. The molecule has 3 rings (SSSR count). The number of carbonyl (C=O) groups is 2.